The van der Waals surface area contributed by atoms with Crippen LogP contribution >= 0.6 is 0 Å². The van der Waals surface area contributed by atoms with E-state index in [2.05, 4.69) is 4.90 Å². The number of benzene rings is 1. The second-order valence-electron chi connectivity index (χ2n) is 5.39. The molecular formula is C16H24N2O3. The molecule has 1 saturated heterocycles. The Balaban J connectivity index is 1.79. The van der Waals surface area contributed by atoms with E-state index in [1.54, 1.807) is 19.1 Å². The van der Waals surface area contributed by atoms with Crippen molar-refractivity contribution in [2.45, 2.75) is 32.3 Å². The number of hydrogen-bond acceptors (Lipinski definition) is 4. The first-order valence-electron chi connectivity index (χ1n) is 7.56. The minimum atomic E-state index is -0.645. The molecule has 5 nitrogen and oxygen atoms in total. The summed E-state index contributed by atoms with van der Waals surface area (Å²) in [6.07, 6.45) is 3.27. The fourth-order valence-corrected chi connectivity index (χ4v) is 2.38. The van der Waals surface area contributed by atoms with Crippen LogP contribution in [0, 0.1) is 0 Å². The number of likely N-dealkylation sites (tertiary alicyclic amines) is 1. The van der Waals surface area contributed by atoms with Gasteiger partial charge in [0.2, 0.25) is 0 Å². The summed E-state index contributed by atoms with van der Waals surface area (Å²) in [5.41, 5.74) is 5.18. The summed E-state index contributed by atoms with van der Waals surface area (Å²) in [4.78, 5) is 13.4. The summed E-state index contributed by atoms with van der Waals surface area (Å²) in [5.74, 6) is 0.865. The SMILES string of the molecule is CC(Oc1cccc(OCCN2CCCCC2)c1)C(N)=O. The Labute approximate surface area is 126 Å². The number of rotatable bonds is 7. The van der Waals surface area contributed by atoms with E-state index in [4.69, 9.17) is 15.2 Å². The van der Waals surface area contributed by atoms with Crippen LogP contribution in [-0.2, 0) is 4.79 Å². The molecule has 2 rings (SSSR count). The fourth-order valence-electron chi connectivity index (χ4n) is 2.38. The minimum Gasteiger partial charge on any atom is -0.492 e. The number of piperidine rings is 1. The summed E-state index contributed by atoms with van der Waals surface area (Å²) < 4.78 is 11.2. The lowest BCUT2D eigenvalue weighted by molar-refractivity contribution is -0.123. The predicted octanol–water partition coefficient (Wildman–Crippen LogP) is 1.80. The summed E-state index contributed by atoms with van der Waals surface area (Å²) in [7, 11) is 0. The normalized spacial score (nSPS) is 17.2. The third-order valence-electron chi connectivity index (χ3n) is 3.64. The van der Waals surface area contributed by atoms with Crippen LogP contribution in [0.1, 0.15) is 26.2 Å². The number of nitrogens with two attached hydrogens (primary N) is 1. The van der Waals surface area contributed by atoms with Gasteiger partial charge in [-0.05, 0) is 45.0 Å². The lowest BCUT2D eigenvalue weighted by atomic mass is 10.1. The van der Waals surface area contributed by atoms with Crippen molar-refractivity contribution in [3.8, 4) is 11.5 Å². The Morgan fingerprint density at radius 2 is 2.00 bits per heavy atom. The molecular weight excluding hydrogens is 268 g/mol. The average Bonchev–Trinajstić information content (AvgIpc) is 2.48. The molecule has 1 unspecified atom stereocenters. The van der Waals surface area contributed by atoms with Crippen LogP contribution < -0.4 is 15.2 Å². The molecule has 21 heavy (non-hydrogen) atoms. The largest absolute Gasteiger partial charge is 0.492 e. The van der Waals surface area contributed by atoms with Gasteiger partial charge in [-0.2, -0.15) is 0 Å². The van der Waals surface area contributed by atoms with Gasteiger partial charge in [-0.15, -0.1) is 0 Å². The van der Waals surface area contributed by atoms with Gasteiger partial charge in [0.15, 0.2) is 6.10 Å². The molecule has 5 heteroatoms. The number of primary amides is 1. The second-order valence-corrected chi connectivity index (χ2v) is 5.39. The predicted molar refractivity (Wildman–Crippen MR) is 81.5 cm³/mol. The molecule has 1 amide bonds. The van der Waals surface area contributed by atoms with Gasteiger partial charge >= 0.3 is 0 Å². The van der Waals surface area contributed by atoms with Crippen molar-refractivity contribution in [2.75, 3.05) is 26.2 Å². The van der Waals surface area contributed by atoms with E-state index < -0.39 is 12.0 Å². The molecule has 0 aromatic heterocycles. The third-order valence-corrected chi connectivity index (χ3v) is 3.64. The standard InChI is InChI=1S/C16H24N2O3/c1-13(16(17)19)21-15-7-5-6-14(12-15)20-11-10-18-8-3-2-4-9-18/h5-7,12-13H,2-4,8-11H2,1H3,(H2,17,19). The molecule has 1 aromatic rings. The van der Waals surface area contributed by atoms with Crippen LogP contribution in [-0.4, -0.2) is 43.2 Å². The maximum absolute atomic E-state index is 11.0. The monoisotopic (exact) mass is 292 g/mol. The second kappa shape index (κ2) is 7.88. The maximum Gasteiger partial charge on any atom is 0.258 e. The van der Waals surface area contributed by atoms with E-state index in [1.807, 2.05) is 12.1 Å². The van der Waals surface area contributed by atoms with Crippen LogP contribution in [0.4, 0.5) is 0 Å². The highest BCUT2D eigenvalue weighted by Gasteiger charge is 2.11. The molecule has 1 aliphatic rings. The molecule has 1 heterocycles. The van der Waals surface area contributed by atoms with Gasteiger partial charge < -0.3 is 15.2 Å². The van der Waals surface area contributed by atoms with E-state index in [9.17, 15) is 4.79 Å². The van der Waals surface area contributed by atoms with E-state index in [0.717, 1.165) is 12.3 Å². The first-order chi connectivity index (χ1) is 10.1. The van der Waals surface area contributed by atoms with E-state index in [0.29, 0.717) is 12.4 Å². The van der Waals surface area contributed by atoms with Gasteiger partial charge in [-0.1, -0.05) is 12.5 Å². The van der Waals surface area contributed by atoms with Crippen molar-refractivity contribution in [1.29, 1.82) is 0 Å². The third kappa shape index (κ3) is 5.27. The van der Waals surface area contributed by atoms with Gasteiger partial charge in [0.1, 0.15) is 18.1 Å². The van der Waals surface area contributed by atoms with Crippen LogP contribution in [0.15, 0.2) is 24.3 Å². The summed E-state index contributed by atoms with van der Waals surface area (Å²) in [5, 5.41) is 0. The number of hydrogen-bond donors (Lipinski definition) is 1. The van der Waals surface area contributed by atoms with Crippen molar-refractivity contribution >= 4 is 5.91 Å². The molecule has 1 fully saturated rings. The number of nitrogens with zero attached hydrogens (tertiary/aromatic N) is 1. The van der Waals surface area contributed by atoms with Crippen LogP contribution in [0.3, 0.4) is 0 Å². The Morgan fingerprint density at radius 1 is 1.29 bits per heavy atom. The molecule has 1 atom stereocenters. The van der Waals surface area contributed by atoms with Crippen molar-refractivity contribution < 1.29 is 14.3 Å². The first-order valence-corrected chi connectivity index (χ1v) is 7.56. The van der Waals surface area contributed by atoms with Gasteiger partial charge in [-0.25, -0.2) is 0 Å². The highest BCUT2D eigenvalue weighted by Crippen LogP contribution is 2.20. The molecule has 116 valence electrons. The van der Waals surface area contributed by atoms with E-state index in [1.165, 1.54) is 32.4 Å². The summed E-state index contributed by atoms with van der Waals surface area (Å²) >= 11 is 0. The van der Waals surface area contributed by atoms with Gasteiger partial charge in [-0.3, -0.25) is 9.69 Å². The molecule has 0 saturated carbocycles. The molecule has 0 aliphatic carbocycles. The number of amides is 1. The Bertz CT molecular complexity index is 459. The smallest absolute Gasteiger partial charge is 0.258 e. The van der Waals surface area contributed by atoms with Gasteiger partial charge in [0.05, 0.1) is 0 Å². The molecule has 2 N–H and O–H groups in total. The van der Waals surface area contributed by atoms with Crippen molar-refractivity contribution in [3.63, 3.8) is 0 Å². The highest BCUT2D eigenvalue weighted by molar-refractivity contribution is 5.78. The minimum absolute atomic E-state index is 0.480. The van der Waals surface area contributed by atoms with Gasteiger partial charge in [0.25, 0.3) is 5.91 Å². The molecule has 1 aromatic carbocycles. The topological polar surface area (TPSA) is 64.8 Å². The summed E-state index contributed by atoms with van der Waals surface area (Å²) in [6.45, 7) is 5.58. The van der Waals surface area contributed by atoms with Crippen molar-refractivity contribution in [3.05, 3.63) is 24.3 Å². The maximum atomic E-state index is 11.0. The molecule has 1 aliphatic heterocycles. The lowest BCUT2D eigenvalue weighted by Crippen LogP contribution is -2.33. The molecule has 0 radical (unpaired) electrons. The van der Waals surface area contributed by atoms with Crippen LogP contribution in [0.2, 0.25) is 0 Å². The Hall–Kier alpha value is -1.75. The fraction of sp³-hybridized carbons (Fsp3) is 0.562. The van der Waals surface area contributed by atoms with Crippen LogP contribution in [0.5, 0.6) is 11.5 Å². The zero-order valence-corrected chi connectivity index (χ0v) is 12.6. The Kier molecular flexibility index (Phi) is 5.87. The zero-order chi connectivity index (χ0) is 15.1. The number of carbonyl (C=O) groups excluding carboxylic acids is 1. The van der Waals surface area contributed by atoms with E-state index >= 15 is 0 Å². The average molecular weight is 292 g/mol. The van der Waals surface area contributed by atoms with Crippen molar-refractivity contribution in [2.24, 2.45) is 5.73 Å². The quantitative estimate of drug-likeness (QED) is 0.832. The first kappa shape index (κ1) is 15.6. The van der Waals surface area contributed by atoms with Gasteiger partial charge in [0, 0.05) is 12.6 Å². The van der Waals surface area contributed by atoms with Crippen LogP contribution in [0.25, 0.3) is 0 Å². The highest BCUT2D eigenvalue weighted by atomic mass is 16.5. The Morgan fingerprint density at radius 3 is 2.71 bits per heavy atom. The van der Waals surface area contributed by atoms with Crippen molar-refractivity contribution in [1.82, 2.24) is 4.90 Å². The molecule has 0 spiro atoms. The zero-order valence-electron chi connectivity index (χ0n) is 12.6. The number of carbonyl (C=O) groups is 1. The van der Waals surface area contributed by atoms with E-state index in [-0.39, 0.29) is 0 Å². The lowest BCUT2D eigenvalue weighted by Gasteiger charge is -2.26. The molecule has 0 bridgehead atoms. The number of ether oxygens (including phenoxy) is 2. The summed E-state index contributed by atoms with van der Waals surface area (Å²) in [6, 6.07) is 7.31.